The summed E-state index contributed by atoms with van der Waals surface area (Å²) in [6.07, 6.45) is 0.162. The molecule has 0 saturated carbocycles. The van der Waals surface area contributed by atoms with Crippen LogP contribution in [0.1, 0.15) is 34.6 Å². The van der Waals surface area contributed by atoms with E-state index in [9.17, 15) is 9.12 Å². The number of rotatable bonds is 6. The summed E-state index contributed by atoms with van der Waals surface area (Å²) in [6, 6.07) is 0. The highest BCUT2D eigenvalue weighted by Gasteiger charge is 2.38. The van der Waals surface area contributed by atoms with Gasteiger partial charge in [0.25, 0.3) is 0 Å². The highest BCUT2D eigenvalue weighted by molar-refractivity contribution is 7.90. The molecule has 0 aliphatic carbocycles. The lowest BCUT2D eigenvalue weighted by atomic mass is 10.1. The van der Waals surface area contributed by atoms with Crippen molar-refractivity contribution in [2.45, 2.75) is 44.9 Å². The van der Waals surface area contributed by atoms with Gasteiger partial charge in [-0.25, -0.2) is 0 Å². The molecule has 0 heterocycles. The molecule has 1 N–H and O–H groups in total. The summed E-state index contributed by atoms with van der Waals surface area (Å²) in [5.41, 5.74) is -0.598. The van der Waals surface area contributed by atoms with E-state index in [1.165, 1.54) is 14.2 Å². The number of nitrogens with one attached hydrogen (secondary N) is 1. The average molecular weight is 285 g/mol. The zero-order valence-electron chi connectivity index (χ0n) is 11.7. The molecule has 0 fully saturated rings. The topological polar surface area (TPSA) is 70.6 Å². The number of hydrogen-bond donors (Lipinski definition) is 1. The summed E-state index contributed by atoms with van der Waals surface area (Å²) >= 11 is -1.23. The SMILES string of the molecule is COP(=O)(CC(C)(C)N[S+]([O-])C(C)(C)C)OC. The fourth-order valence-electron chi connectivity index (χ4n) is 1.12. The van der Waals surface area contributed by atoms with E-state index in [0.717, 1.165) is 0 Å². The molecule has 5 nitrogen and oxygen atoms in total. The van der Waals surface area contributed by atoms with Crippen molar-refractivity contribution in [1.82, 2.24) is 4.72 Å². The fourth-order valence-corrected chi connectivity index (χ4v) is 3.57. The second-order valence-corrected chi connectivity index (χ2v) is 9.74. The Morgan fingerprint density at radius 1 is 1.18 bits per heavy atom. The molecule has 1 atom stereocenters. The molecule has 0 aromatic carbocycles. The van der Waals surface area contributed by atoms with Gasteiger partial charge in [-0.05, 0) is 34.6 Å². The van der Waals surface area contributed by atoms with Crippen LogP contribution in [-0.2, 0) is 25.0 Å². The van der Waals surface area contributed by atoms with E-state index in [1.54, 1.807) is 0 Å². The summed E-state index contributed by atoms with van der Waals surface area (Å²) in [6.45, 7) is 9.26. The van der Waals surface area contributed by atoms with Crippen molar-refractivity contribution in [2.75, 3.05) is 20.4 Å². The van der Waals surface area contributed by atoms with Gasteiger partial charge in [0.15, 0.2) is 0 Å². The maximum absolute atomic E-state index is 12.0. The van der Waals surface area contributed by atoms with Gasteiger partial charge < -0.3 is 13.6 Å². The second-order valence-electron chi connectivity index (χ2n) is 5.50. The first-order valence-electron chi connectivity index (χ1n) is 5.36. The quantitative estimate of drug-likeness (QED) is 0.599. The number of hydrogen-bond acceptors (Lipinski definition) is 5. The minimum absolute atomic E-state index is 0.162. The third-order valence-electron chi connectivity index (χ3n) is 2.07. The first kappa shape index (κ1) is 17.4. The maximum atomic E-state index is 12.0. The molecule has 0 spiro atoms. The first-order valence-corrected chi connectivity index (χ1v) is 8.24. The van der Waals surface area contributed by atoms with Crippen molar-refractivity contribution in [1.29, 1.82) is 0 Å². The van der Waals surface area contributed by atoms with Gasteiger partial charge in [-0.1, -0.05) is 0 Å². The molecular weight excluding hydrogens is 261 g/mol. The molecule has 0 radical (unpaired) electrons. The Hall–Kier alpha value is 0.420. The molecule has 0 aromatic rings. The van der Waals surface area contributed by atoms with Crippen LogP contribution < -0.4 is 4.72 Å². The standard InChI is InChI=1S/C10H24NO4PS/c1-9(2,3)17(13)11-10(4,5)8-16(12,14-6)15-7/h11H,8H2,1-7H3. The van der Waals surface area contributed by atoms with Crippen molar-refractivity contribution >= 4 is 19.0 Å². The summed E-state index contributed by atoms with van der Waals surface area (Å²) in [5, 5.41) is 0. The molecule has 1 unspecified atom stereocenters. The van der Waals surface area contributed by atoms with E-state index >= 15 is 0 Å². The van der Waals surface area contributed by atoms with Crippen LogP contribution in [0.3, 0.4) is 0 Å². The Balaban J connectivity index is 4.65. The van der Waals surface area contributed by atoms with E-state index in [1.807, 2.05) is 34.6 Å². The van der Waals surface area contributed by atoms with E-state index in [2.05, 4.69) is 4.72 Å². The summed E-state index contributed by atoms with van der Waals surface area (Å²) in [4.78, 5) is 0. The lowest BCUT2D eigenvalue weighted by Gasteiger charge is -2.33. The van der Waals surface area contributed by atoms with Crippen molar-refractivity contribution in [3.05, 3.63) is 0 Å². The zero-order chi connectivity index (χ0) is 13.9. The molecule has 0 rings (SSSR count). The highest BCUT2D eigenvalue weighted by atomic mass is 32.2. The van der Waals surface area contributed by atoms with E-state index < -0.39 is 24.5 Å². The van der Waals surface area contributed by atoms with Crippen LogP contribution in [0.2, 0.25) is 0 Å². The predicted molar refractivity (Wildman–Crippen MR) is 71.6 cm³/mol. The monoisotopic (exact) mass is 285 g/mol. The van der Waals surface area contributed by atoms with Gasteiger partial charge in [0, 0.05) is 25.6 Å². The molecule has 0 amide bonds. The molecule has 17 heavy (non-hydrogen) atoms. The lowest BCUT2D eigenvalue weighted by molar-refractivity contribution is 0.267. The Bertz CT molecular complexity index is 283. The Morgan fingerprint density at radius 2 is 1.59 bits per heavy atom. The second kappa shape index (κ2) is 6.04. The van der Waals surface area contributed by atoms with Gasteiger partial charge >= 0.3 is 7.60 Å². The van der Waals surface area contributed by atoms with Crippen LogP contribution in [0.25, 0.3) is 0 Å². The first-order chi connectivity index (χ1) is 7.46. The van der Waals surface area contributed by atoms with E-state index in [4.69, 9.17) is 9.05 Å². The van der Waals surface area contributed by atoms with Gasteiger partial charge in [0.2, 0.25) is 0 Å². The highest BCUT2D eigenvalue weighted by Crippen LogP contribution is 2.48. The Kier molecular flexibility index (Phi) is 6.19. The van der Waals surface area contributed by atoms with Gasteiger partial charge in [0.1, 0.15) is 4.75 Å². The van der Waals surface area contributed by atoms with Gasteiger partial charge in [0.05, 0.1) is 11.7 Å². The van der Waals surface area contributed by atoms with Crippen molar-refractivity contribution < 1.29 is 18.2 Å². The maximum Gasteiger partial charge on any atom is 0.332 e. The van der Waals surface area contributed by atoms with Crippen molar-refractivity contribution in [3.8, 4) is 0 Å². The van der Waals surface area contributed by atoms with Crippen LogP contribution in [0.15, 0.2) is 0 Å². The summed E-state index contributed by atoms with van der Waals surface area (Å²) < 4.78 is 36.3. The van der Waals surface area contributed by atoms with Gasteiger partial charge in [-0.2, -0.15) is 0 Å². The van der Waals surface area contributed by atoms with Crippen molar-refractivity contribution in [3.63, 3.8) is 0 Å². The third kappa shape index (κ3) is 6.22. The Labute approximate surface area is 107 Å². The third-order valence-corrected chi connectivity index (χ3v) is 6.21. The summed E-state index contributed by atoms with van der Waals surface area (Å²) in [5.74, 6) is 0. The molecular formula is C10H24NO4PS. The van der Waals surface area contributed by atoms with E-state index in [-0.39, 0.29) is 10.9 Å². The largest absolute Gasteiger partial charge is 0.598 e. The molecule has 0 bridgehead atoms. The molecule has 0 aliphatic heterocycles. The van der Waals surface area contributed by atoms with Crippen LogP contribution in [-0.4, -0.2) is 35.2 Å². The van der Waals surface area contributed by atoms with Gasteiger partial charge in [-0.15, -0.1) is 4.72 Å². The molecule has 7 heteroatoms. The van der Waals surface area contributed by atoms with Gasteiger partial charge in [-0.3, -0.25) is 4.57 Å². The average Bonchev–Trinajstić information content (AvgIpc) is 2.14. The van der Waals surface area contributed by atoms with Crippen LogP contribution in [0, 0.1) is 0 Å². The lowest BCUT2D eigenvalue weighted by Crippen LogP contribution is -2.51. The molecule has 0 aromatic heterocycles. The van der Waals surface area contributed by atoms with Crippen LogP contribution >= 0.6 is 7.60 Å². The van der Waals surface area contributed by atoms with Crippen LogP contribution in [0.5, 0.6) is 0 Å². The minimum Gasteiger partial charge on any atom is -0.598 e. The van der Waals surface area contributed by atoms with Crippen molar-refractivity contribution in [2.24, 2.45) is 0 Å². The molecule has 0 aliphatic rings. The Morgan fingerprint density at radius 3 is 1.88 bits per heavy atom. The zero-order valence-corrected chi connectivity index (χ0v) is 13.4. The predicted octanol–water partition coefficient (Wildman–Crippen LogP) is 2.30. The normalized spacial score (nSPS) is 16.0. The summed E-state index contributed by atoms with van der Waals surface area (Å²) in [7, 11) is -0.412. The molecule has 104 valence electrons. The molecule has 0 saturated heterocycles. The van der Waals surface area contributed by atoms with E-state index in [0.29, 0.717) is 0 Å². The fraction of sp³-hybridized carbons (Fsp3) is 1.00. The minimum atomic E-state index is -3.11. The smallest absolute Gasteiger partial charge is 0.332 e. The van der Waals surface area contributed by atoms with Crippen LogP contribution in [0.4, 0.5) is 0 Å².